The SMILES string of the molecule is CCCCOc1ccc(C(=O)NCc2nnc(SCc3ccc(F)cc3)n2-c2cc(Cl)ccc2Cl)cc1. The summed E-state index contributed by atoms with van der Waals surface area (Å²) in [5.41, 5.74) is 2.02. The van der Waals surface area contributed by atoms with Gasteiger partial charge in [-0.3, -0.25) is 9.36 Å². The lowest BCUT2D eigenvalue weighted by molar-refractivity contribution is 0.0949. The number of benzene rings is 3. The number of unbranched alkanes of at least 4 members (excludes halogenated alkanes) is 1. The van der Waals surface area contributed by atoms with Gasteiger partial charge in [-0.15, -0.1) is 10.2 Å². The Kier molecular flexibility index (Phi) is 9.44. The Labute approximate surface area is 229 Å². The number of halogens is 3. The molecule has 6 nitrogen and oxygen atoms in total. The van der Waals surface area contributed by atoms with E-state index in [4.69, 9.17) is 27.9 Å². The summed E-state index contributed by atoms with van der Waals surface area (Å²) in [6.07, 6.45) is 2.03. The summed E-state index contributed by atoms with van der Waals surface area (Å²) in [6, 6.07) is 18.4. The molecule has 1 N–H and O–H groups in total. The minimum atomic E-state index is -0.292. The van der Waals surface area contributed by atoms with Gasteiger partial charge in [0.05, 0.1) is 23.9 Å². The third-order valence-corrected chi connectivity index (χ3v) is 6.98. The number of aromatic nitrogens is 3. The van der Waals surface area contributed by atoms with Crippen molar-refractivity contribution in [2.75, 3.05) is 6.61 Å². The maximum atomic E-state index is 13.3. The first-order chi connectivity index (χ1) is 17.9. The smallest absolute Gasteiger partial charge is 0.251 e. The normalized spacial score (nSPS) is 10.9. The molecule has 0 bridgehead atoms. The molecule has 0 aliphatic heterocycles. The van der Waals surface area contributed by atoms with Gasteiger partial charge in [0, 0.05) is 16.3 Å². The summed E-state index contributed by atoms with van der Waals surface area (Å²) >= 11 is 14.2. The maximum absolute atomic E-state index is 13.3. The maximum Gasteiger partial charge on any atom is 0.251 e. The van der Waals surface area contributed by atoms with Gasteiger partial charge >= 0.3 is 0 Å². The fraction of sp³-hybridized carbons (Fsp3) is 0.222. The quantitative estimate of drug-likeness (QED) is 0.157. The Morgan fingerprint density at radius 2 is 1.81 bits per heavy atom. The molecule has 1 heterocycles. The van der Waals surface area contributed by atoms with Crippen LogP contribution in [0.1, 0.15) is 41.5 Å². The highest BCUT2D eigenvalue weighted by atomic mass is 35.5. The lowest BCUT2D eigenvalue weighted by atomic mass is 10.2. The topological polar surface area (TPSA) is 69.0 Å². The number of amides is 1. The zero-order valence-corrected chi connectivity index (χ0v) is 22.4. The average molecular weight is 559 g/mol. The van der Waals surface area contributed by atoms with Crippen LogP contribution in [0.25, 0.3) is 5.69 Å². The van der Waals surface area contributed by atoms with Crippen molar-refractivity contribution in [1.29, 1.82) is 0 Å². The molecule has 0 spiro atoms. The molecule has 0 fully saturated rings. The van der Waals surface area contributed by atoms with E-state index in [2.05, 4.69) is 22.4 Å². The average Bonchev–Trinajstić information content (AvgIpc) is 3.31. The van der Waals surface area contributed by atoms with Gasteiger partial charge in [0.1, 0.15) is 11.6 Å². The Hall–Kier alpha value is -3.07. The van der Waals surface area contributed by atoms with Crippen molar-refractivity contribution in [1.82, 2.24) is 20.1 Å². The molecule has 0 radical (unpaired) electrons. The predicted molar refractivity (Wildman–Crippen MR) is 145 cm³/mol. The number of thioether (sulfide) groups is 1. The van der Waals surface area contributed by atoms with Gasteiger partial charge in [0.2, 0.25) is 0 Å². The van der Waals surface area contributed by atoms with E-state index in [9.17, 15) is 9.18 Å². The molecule has 4 rings (SSSR count). The summed E-state index contributed by atoms with van der Waals surface area (Å²) in [4.78, 5) is 12.8. The number of carbonyl (C=O) groups is 1. The van der Waals surface area contributed by atoms with E-state index in [1.54, 1.807) is 59.2 Å². The molecule has 0 atom stereocenters. The van der Waals surface area contributed by atoms with Crippen LogP contribution in [-0.4, -0.2) is 27.3 Å². The summed E-state index contributed by atoms with van der Waals surface area (Å²) < 4.78 is 20.7. The van der Waals surface area contributed by atoms with Crippen molar-refractivity contribution in [2.45, 2.75) is 37.2 Å². The molecule has 37 heavy (non-hydrogen) atoms. The van der Waals surface area contributed by atoms with Crippen LogP contribution in [0.5, 0.6) is 5.75 Å². The molecule has 1 amide bonds. The molecular formula is C27H25Cl2FN4O2S. The van der Waals surface area contributed by atoms with E-state index in [1.165, 1.54) is 23.9 Å². The van der Waals surface area contributed by atoms with Crippen LogP contribution in [-0.2, 0) is 12.3 Å². The second-order valence-electron chi connectivity index (χ2n) is 8.15. The number of nitrogens with zero attached hydrogens (tertiary/aromatic N) is 3. The summed E-state index contributed by atoms with van der Waals surface area (Å²) in [5, 5.41) is 13.0. The van der Waals surface area contributed by atoms with Crippen molar-refractivity contribution >= 4 is 40.9 Å². The monoisotopic (exact) mass is 558 g/mol. The van der Waals surface area contributed by atoms with Crippen molar-refractivity contribution in [3.8, 4) is 11.4 Å². The fourth-order valence-corrected chi connectivity index (χ4v) is 4.72. The molecule has 0 saturated carbocycles. The zero-order chi connectivity index (χ0) is 26.2. The van der Waals surface area contributed by atoms with E-state index < -0.39 is 0 Å². The van der Waals surface area contributed by atoms with E-state index in [-0.39, 0.29) is 18.3 Å². The number of nitrogens with one attached hydrogen (secondary N) is 1. The lowest BCUT2D eigenvalue weighted by Crippen LogP contribution is -2.24. The Balaban J connectivity index is 1.51. The van der Waals surface area contributed by atoms with Gasteiger partial charge in [-0.25, -0.2) is 4.39 Å². The summed E-state index contributed by atoms with van der Waals surface area (Å²) in [6.45, 7) is 2.86. The summed E-state index contributed by atoms with van der Waals surface area (Å²) in [7, 11) is 0. The third kappa shape index (κ3) is 7.25. The number of rotatable bonds is 11. The van der Waals surface area contributed by atoms with Gasteiger partial charge in [-0.1, -0.05) is 60.4 Å². The predicted octanol–water partition coefficient (Wildman–Crippen LogP) is 7.11. The van der Waals surface area contributed by atoms with Crippen LogP contribution in [0.4, 0.5) is 4.39 Å². The highest BCUT2D eigenvalue weighted by Crippen LogP contribution is 2.31. The van der Waals surface area contributed by atoms with E-state index >= 15 is 0 Å². The van der Waals surface area contributed by atoms with Gasteiger partial charge in [0.25, 0.3) is 5.91 Å². The van der Waals surface area contributed by atoms with Crippen LogP contribution in [0.3, 0.4) is 0 Å². The molecule has 4 aromatic rings. The number of carbonyl (C=O) groups excluding carboxylic acids is 1. The van der Waals surface area contributed by atoms with Gasteiger partial charge in [-0.05, 0) is 66.6 Å². The third-order valence-electron chi connectivity index (χ3n) is 5.42. The lowest BCUT2D eigenvalue weighted by Gasteiger charge is -2.13. The first-order valence-corrected chi connectivity index (χ1v) is 13.5. The van der Waals surface area contributed by atoms with Crippen molar-refractivity contribution in [2.24, 2.45) is 0 Å². The van der Waals surface area contributed by atoms with Crippen molar-refractivity contribution in [3.05, 3.63) is 99.5 Å². The first kappa shape index (κ1) is 27.0. The molecule has 10 heteroatoms. The minimum absolute atomic E-state index is 0.112. The van der Waals surface area contributed by atoms with Gasteiger partial charge < -0.3 is 10.1 Å². The highest BCUT2D eigenvalue weighted by Gasteiger charge is 2.18. The Morgan fingerprint density at radius 1 is 1.05 bits per heavy atom. The van der Waals surface area contributed by atoms with E-state index in [0.717, 1.165) is 24.2 Å². The fourth-order valence-electron chi connectivity index (χ4n) is 3.43. The van der Waals surface area contributed by atoms with Crippen LogP contribution in [0, 0.1) is 5.82 Å². The zero-order valence-electron chi connectivity index (χ0n) is 20.1. The van der Waals surface area contributed by atoms with Crippen molar-refractivity contribution < 1.29 is 13.9 Å². The molecule has 0 saturated heterocycles. The Morgan fingerprint density at radius 3 is 2.54 bits per heavy atom. The first-order valence-electron chi connectivity index (χ1n) is 11.7. The second-order valence-corrected chi connectivity index (χ2v) is 9.94. The molecule has 192 valence electrons. The molecule has 1 aromatic heterocycles. The van der Waals surface area contributed by atoms with Crippen LogP contribution < -0.4 is 10.1 Å². The van der Waals surface area contributed by atoms with Crippen molar-refractivity contribution in [3.63, 3.8) is 0 Å². The van der Waals surface area contributed by atoms with Gasteiger partial charge in [0.15, 0.2) is 11.0 Å². The highest BCUT2D eigenvalue weighted by molar-refractivity contribution is 7.98. The van der Waals surface area contributed by atoms with Crippen LogP contribution in [0.2, 0.25) is 10.0 Å². The molecule has 3 aromatic carbocycles. The molecular weight excluding hydrogens is 534 g/mol. The molecule has 0 aliphatic carbocycles. The Bertz CT molecular complexity index is 1350. The number of hydrogen-bond acceptors (Lipinski definition) is 5. The summed E-state index contributed by atoms with van der Waals surface area (Å²) in [5.74, 6) is 1.20. The largest absolute Gasteiger partial charge is 0.494 e. The van der Waals surface area contributed by atoms with Crippen LogP contribution in [0.15, 0.2) is 71.9 Å². The van der Waals surface area contributed by atoms with Gasteiger partial charge in [-0.2, -0.15) is 0 Å². The molecule has 0 aliphatic rings. The minimum Gasteiger partial charge on any atom is -0.494 e. The standard InChI is InChI=1S/C27H25Cl2FN4O2S/c1-2-3-14-36-22-11-6-19(7-12-22)26(35)31-16-25-32-33-27(37-17-18-4-9-21(30)10-5-18)34(25)24-15-20(28)8-13-23(24)29/h4-13,15H,2-3,14,16-17H2,1H3,(H,31,35). The van der Waals surface area contributed by atoms with E-state index in [1.807, 2.05) is 0 Å². The number of ether oxygens (including phenoxy) is 1. The molecule has 0 unspecified atom stereocenters. The van der Waals surface area contributed by atoms with E-state index in [0.29, 0.717) is 44.6 Å². The number of hydrogen-bond donors (Lipinski definition) is 1. The second kappa shape index (κ2) is 12.9. The van der Waals surface area contributed by atoms with Crippen LogP contribution >= 0.6 is 35.0 Å².